The van der Waals surface area contributed by atoms with Crippen molar-refractivity contribution in [2.45, 2.75) is 12.8 Å². The molecule has 0 aliphatic carbocycles. The summed E-state index contributed by atoms with van der Waals surface area (Å²) in [6.07, 6.45) is 3.18. The normalized spacial score (nSPS) is 16.6. The van der Waals surface area contributed by atoms with E-state index in [-0.39, 0.29) is 5.56 Å². The van der Waals surface area contributed by atoms with Gasteiger partial charge in [-0.1, -0.05) is 0 Å². The van der Waals surface area contributed by atoms with Crippen LogP contribution < -0.4 is 0 Å². The number of pyridine rings is 1. The Kier molecular flexibility index (Phi) is 3.55. The van der Waals surface area contributed by atoms with E-state index in [0.29, 0.717) is 25.9 Å². The molecule has 2 heterocycles. The number of hydrogen-bond acceptors (Lipinski definition) is 3. The number of rotatable bonds is 2. The van der Waals surface area contributed by atoms with Crippen molar-refractivity contribution in [3.05, 3.63) is 29.8 Å². The van der Waals surface area contributed by atoms with Crippen LogP contribution in [0.5, 0.6) is 0 Å². The van der Waals surface area contributed by atoms with Crippen molar-refractivity contribution in [3.63, 3.8) is 0 Å². The predicted molar refractivity (Wildman–Crippen MR) is 60.5 cm³/mol. The number of hydrogen-bond donors (Lipinski definition) is 1. The summed E-state index contributed by atoms with van der Waals surface area (Å²) < 4.78 is 13.4. The van der Waals surface area contributed by atoms with Crippen LogP contribution in [0.1, 0.15) is 23.2 Å². The van der Waals surface area contributed by atoms with Gasteiger partial charge in [0, 0.05) is 19.3 Å². The third kappa shape index (κ3) is 2.47. The summed E-state index contributed by atoms with van der Waals surface area (Å²) in [5.74, 6) is -2.30. The summed E-state index contributed by atoms with van der Waals surface area (Å²) in [5, 5.41) is 8.85. The second-order valence-electron chi connectivity index (χ2n) is 4.26. The maximum atomic E-state index is 13.4. The Morgan fingerprint density at radius 3 is 2.61 bits per heavy atom. The highest BCUT2D eigenvalue weighted by Gasteiger charge is 2.28. The molecule has 1 N–H and O–H groups in total. The molecule has 1 aromatic rings. The molecule has 0 aromatic carbocycles. The van der Waals surface area contributed by atoms with Crippen molar-refractivity contribution in [2.24, 2.45) is 5.92 Å². The highest BCUT2D eigenvalue weighted by Crippen LogP contribution is 2.19. The fraction of sp³-hybridized carbons (Fsp3) is 0.417. The number of likely N-dealkylation sites (tertiary alicyclic amines) is 1. The lowest BCUT2D eigenvalue weighted by Gasteiger charge is -2.30. The van der Waals surface area contributed by atoms with Crippen molar-refractivity contribution in [1.82, 2.24) is 9.88 Å². The topological polar surface area (TPSA) is 70.5 Å². The number of carboxylic acid groups (broad SMARTS) is 1. The van der Waals surface area contributed by atoms with Crippen LogP contribution in [0.2, 0.25) is 0 Å². The van der Waals surface area contributed by atoms with Crippen molar-refractivity contribution in [2.75, 3.05) is 13.1 Å². The van der Waals surface area contributed by atoms with Crippen LogP contribution in [0.15, 0.2) is 18.5 Å². The van der Waals surface area contributed by atoms with Crippen LogP contribution >= 0.6 is 0 Å². The van der Waals surface area contributed by atoms with Gasteiger partial charge in [0.25, 0.3) is 5.91 Å². The molecule has 0 saturated carbocycles. The first-order chi connectivity index (χ1) is 8.59. The summed E-state index contributed by atoms with van der Waals surface area (Å²) in [6, 6.07) is 1.33. The number of halogens is 1. The number of amides is 1. The molecule has 96 valence electrons. The van der Waals surface area contributed by atoms with Gasteiger partial charge in [0.15, 0.2) is 5.82 Å². The molecule has 0 radical (unpaired) electrons. The quantitative estimate of drug-likeness (QED) is 0.857. The molecular formula is C12H13FN2O3. The van der Waals surface area contributed by atoms with Gasteiger partial charge in [-0.25, -0.2) is 4.39 Å². The van der Waals surface area contributed by atoms with Crippen molar-refractivity contribution in [3.8, 4) is 0 Å². The molecular weight excluding hydrogens is 239 g/mol. The monoisotopic (exact) mass is 252 g/mol. The van der Waals surface area contributed by atoms with Gasteiger partial charge in [-0.05, 0) is 18.9 Å². The lowest BCUT2D eigenvalue weighted by molar-refractivity contribution is -0.143. The van der Waals surface area contributed by atoms with Gasteiger partial charge in [-0.3, -0.25) is 14.6 Å². The van der Waals surface area contributed by atoms with E-state index in [2.05, 4.69) is 4.98 Å². The van der Waals surface area contributed by atoms with Crippen molar-refractivity contribution in [1.29, 1.82) is 0 Å². The lowest BCUT2D eigenvalue weighted by atomic mass is 9.96. The fourth-order valence-corrected chi connectivity index (χ4v) is 2.05. The van der Waals surface area contributed by atoms with Gasteiger partial charge in [-0.2, -0.15) is 0 Å². The second kappa shape index (κ2) is 5.12. The minimum Gasteiger partial charge on any atom is -0.481 e. The molecule has 1 fully saturated rings. The predicted octanol–water partition coefficient (Wildman–Crippen LogP) is 1.16. The third-order valence-corrected chi connectivity index (χ3v) is 3.13. The number of carbonyl (C=O) groups excluding carboxylic acids is 1. The van der Waals surface area contributed by atoms with Crippen LogP contribution in [-0.4, -0.2) is 40.0 Å². The summed E-state index contributed by atoms with van der Waals surface area (Å²) in [4.78, 5) is 27.9. The standard InChI is InChI=1S/C12H13FN2O3/c13-10-7-14-4-1-9(10)11(16)15-5-2-8(3-6-15)12(17)18/h1,4,7-8H,2-3,5-6H2,(H,17,18). The van der Waals surface area contributed by atoms with Crippen LogP contribution in [-0.2, 0) is 4.79 Å². The Morgan fingerprint density at radius 1 is 1.39 bits per heavy atom. The largest absolute Gasteiger partial charge is 0.481 e. The number of aromatic nitrogens is 1. The molecule has 2 rings (SSSR count). The molecule has 1 saturated heterocycles. The van der Waals surface area contributed by atoms with E-state index in [4.69, 9.17) is 5.11 Å². The highest BCUT2D eigenvalue weighted by molar-refractivity contribution is 5.94. The van der Waals surface area contributed by atoms with Crippen LogP contribution in [0.4, 0.5) is 4.39 Å². The molecule has 0 atom stereocenters. The van der Waals surface area contributed by atoms with Gasteiger partial charge in [0.1, 0.15) is 0 Å². The van der Waals surface area contributed by atoms with Gasteiger partial charge in [0.2, 0.25) is 0 Å². The average Bonchev–Trinajstić information content (AvgIpc) is 2.38. The molecule has 1 amide bonds. The maximum Gasteiger partial charge on any atom is 0.306 e. The minimum absolute atomic E-state index is 0.0150. The molecule has 1 aliphatic rings. The molecule has 1 aliphatic heterocycles. The lowest BCUT2D eigenvalue weighted by Crippen LogP contribution is -2.40. The first-order valence-corrected chi connectivity index (χ1v) is 5.71. The van der Waals surface area contributed by atoms with Crippen LogP contribution in [0.25, 0.3) is 0 Å². The van der Waals surface area contributed by atoms with E-state index >= 15 is 0 Å². The molecule has 6 heteroatoms. The molecule has 18 heavy (non-hydrogen) atoms. The fourth-order valence-electron chi connectivity index (χ4n) is 2.05. The molecule has 0 unspecified atom stereocenters. The molecule has 0 bridgehead atoms. The first kappa shape index (κ1) is 12.5. The summed E-state index contributed by atoms with van der Waals surface area (Å²) in [7, 11) is 0. The van der Waals surface area contributed by atoms with E-state index in [9.17, 15) is 14.0 Å². The Hall–Kier alpha value is -1.98. The number of aliphatic carboxylic acids is 1. The first-order valence-electron chi connectivity index (χ1n) is 5.71. The van der Waals surface area contributed by atoms with Gasteiger partial charge >= 0.3 is 5.97 Å². The van der Waals surface area contributed by atoms with E-state index in [1.165, 1.54) is 17.2 Å². The van der Waals surface area contributed by atoms with Crippen LogP contribution in [0.3, 0.4) is 0 Å². The maximum absolute atomic E-state index is 13.4. The third-order valence-electron chi connectivity index (χ3n) is 3.13. The Morgan fingerprint density at radius 2 is 2.06 bits per heavy atom. The Labute approximate surface area is 103 Å². The SMILES string of the molecule is O=C(O)C1CCN(C(=O)c2ccncc2F)CC1. The molecule has 1 aromatic heterocycles. The second-order valence-corrected chi connectivity index (χ2v) is 4.26. The van der Waals surface area contributed by atoms with E-state index < -0.39 is 23.6 Å². The number of carboxylic acids is 1. The minimum atomic E-state index is -0.836. The Bertz CT molecular complexity index is 470. The summed E-state index contributed by atoms with van der Waals surface area (Å²) in [6.45, 7) is 0.690. The zero-order valence-electron chi connectivity index (χ0n) is 9.67. The zero-order valence-corrected chi connectivity index (χ0v) is 9.67. The highest BCUT2D eigenvalue weighted by atomic mass is 19.1. The Balaban J connectivity index is 2.04. The van der Waals surface area contributed by atoms with Gasteiger partial charge in [-0.15, -0.1) is 0 Å². The summed E-state index contributed by atoms with van der Waals surface area (Å²) >= 11 is 0. The zero-order chi connectivity index (χ0) is 13.1. The van der Waals surface area contributed by atoms with E-state index in [0.717, 1.165) is 6.20 Å². The number of carbonyl (C=O) groups is 2. The van der Waals surface area contributed by atoms with Crippen molar-refractivity contribution < 1.29 is 19.1 Å². The number of nitrogens with zero attached hydrogens (tertiary/aromatic N) is 2. The van der Waals surface area contributed by atoms with E-state index in [1.807, 2.05) is 0 Å². The van der Waals surface area contributed by atoms with Gasteiger partial charge < -0.3 is 10.0 Å². The smallest absolute Gasteiger partial charge is 0.306 e. The molecule has 0 spiro atoms. The average molecular weight is 252 g/mol. The summed E-state index contributed by atoms with van der Waals surface area (Å²) in [5.41, 5.74) is -0.0150. The molecule has 5 nitrogen and oxygen atoms in total. The van der Waals surface area contributed by atoms with E-state index in [1.54, 1.807) is 0 Å². The van der Waals surface area contributed by atoms with Crippen molar-refractivity contribution >= 4 is 11.9 Å². The van der Waals surface area contributed by atoms with Crippen LogP contribution in [0, 0.1) is 11.7 Å². The number of piperidine rings is 1. The van der Waals surface area contributed by atoms with Gasteiger partial charge in [0.05, 0.1) is 17.7 Å².